The molecule has 4 aromatic rings. The van der Waals surface area contributed by atoms with Gasteiger partial charge in [-0.1, -0.05) is 105 Å². The Labute approximate surface area is 394 Å². The molecular formula is C41H47Br2Cl7N2O6. The number of methoxy groups -OCH3 is 2. The zero-order valence-corrected chi connectivity index (χ0v) is 41.2. The molecule has 0 radical (unpaired) electrons. The lowest BCUT2D eigenvalue weighted by atomic mass is 10.0. The van der Waals surface area contributed by atoms with Gasteiger partial charge in [0.2, 0.25) is 0 Å². The minimum atomic E-state index is -2.18. The molecule has 58 heavy (non-hydrogen) atoms. The molecule has 320 valence electrons. The van der Waals surface area contributed by atoms with E-state index in [0.717, 1.165) is 50.4 Å². The first kappa shape index (κ1) is 54.0. The summed E-state index contributed by atoms with van der Waals surface area (Å²) in [7, 11) is 3.32. The van der Waals surface area contributed by atoms with Crippen molar-refractivity contribution in [1.29, 1.82) is 0 Å². The third-order valence-electron chi connectivity index (χ3n) is 7.36. The number of rotatable bonds is 12. The van der Waals surface area contributed by atoms with Crippen LogP contribution < -0.4 is 19.7 Å². The van der Waals surface area contributed by atoms with Crippen LogP contribution in [0.1, 0.15) is 62.8 Å². The molecule has 0 bridgehead atoms. The van der Waals surface area contributed by atoms with Gasteiger partial charge in [-0.2, -0.15) is 0 Å². The van der Waals surface area contributed by atoms with Crippen LogP contribution in [-0.2, 0) is 15.9 Å². The summed E-state index contributed by atoms with van der Waals surface area (Å²) in [5.41, 5.74) is 4.46. The fourth-order valence-corrected chi connectivity index (χ4v) is 5.64. The first-order valence-electron chi connectivity index (χ1n) is 17.6. The van der Waals surface area contributed by atoms with Crippen LogP contribution in [0.3, 0.4) is 0 Å². The van der Waals surface area contributed by atoms with E-state index in [1.807, 2.05) is 67.6 Å². The number of nitrogens with zero attached hydrogens (tertiary/aromatic N) is 1. The highest BCUT2D eigenvalue weighted by molar-refractivity contribution is 9.10. The van der Waals surface area contributed by atoms with Crippen molar-refractivity contribution in [3.05, 3.63) is 123 Å². The fraction of sp³-hybridized carbons (Fsp3) is 0.366. The number of hydrogen-bond donors (Lipinski definition) is 1. The highest BCUT2D eigenvalue weighted by atomic mass is 79.9. The normalized spacial score (nSPS) is 11.2. The van der Waals surface area contributed by atoms with Crippen LogP contribution in [0.15, 0.2) is 106 Å². The van der Waals surface area contributed by atoms with Crippen molar-refractivity contribution >= 4 is 131 Å². The van der Waals surface area contributed by atoms with Crippen molar-refractivity contribution < 1.29 is 28.5 Å². The van der Waals surface area contributed by atoms with Gasteiger partial charge in [-0.3, -0.25) is 4.90 Å². The number of halogens is 9. The highest BCUT2D eigenvalue weighted by Crippen LogP contribution is 2.30. The number of amides is 2. The maximum Gasteiger partial charge on any atom is 0.514 e. The lowest BCUT2D eigenvalue weighted by molar-refractivity contribution is 0.0370. The van der Waals surface area contributed by atoms with Gasteiger partial charge < -0.3 is 24.3 Å². The Bertz CT molecular complexity index is 1760. The molecule has 1 N–H and O–H groups in total. The zero-order chi connectivity index (χ0) is 43.9. The van der Waals surface area contributed by atoms with E-state index in [0.29, 0.717) is 18.3 Å². The van der Waals surface area contributed by atoms with Crippen LogP contribution in [0, 0.1) is 0 Å². The molecule has 1 atom stereocenters. The Kier molecular flexibility index (Phi) is 26.6. The van der Waals surface area contributed by atoms with Crippen molar-refractivity contribution in [2.45, 2.75) is 61.0 Å². The van der Waals surface area contributed by atoms with Crippen LogP contribution in [-0.4, -0.2) is 53.2 Å². The van der Waals surface area contributed by atoms with Gasteiger partial charge in [-0.15, -0.1) is 23.2 Å². The van der Waals surface area contributed by atoms with Crippen molar-refractivity contribution in [2.24, 2.45) is 0 Å². The number of urea groups is 1. The van der Waals surface area contributed by atoms with E-state index in [9.17, 15) is 9.59 Å². The van der Waals surface area contributed by atoms with Gasteiger partial charge in [0.25, 0.3) is 4.52 Å². The molecule has 0 aliphatic rings. The molecule has 17 heteroatoms. The van der Waals surface area contributed by atoms with Crippen molar-refractivity contribution in [3.63, 3.8) is 0 Å². The van der Waals surface area contributed by atoms with Gasteiger partial charge in [-0.05, 0) is 138 Å². The van der Waals surface area contributed by atoms with E-state index >= 15 is 0 Å². The molecular weight excluding hydrogens is 1020 g/mol. The van der Waals surface area contributed by atoms with Gasteiger partial charge in [0.05, 0.1) is 20.3 Å². The van der Waals surface area contributed by atoms with Crippen molar-refractivity contribution in [2.75, 3.05) is 37.4 Å². The molecule has 0 aromatic heterocycles. The second-order valence-electron chi connectivity index (χ2n) is 12.3. The molecule has 0 saturated carbocycles. The first-order valence-corrected chi connectivity index (χ1v) is 22.1. The summed E-state index contributed by atoms with van der Waals surface area (Å²) in [6.07, 6.45) is 0.863. The average molecular weight is 1070 g/mol. The minimum absolute atomic E-state index is 0.152. The van der Waals surface area contributed by atoms with Crippen LogP contribution >= 0.6 is 113 Å². The lowest BCUT2D eigenvalue weighted by Crippen LogP contribution is -2.42. The number of carbonyl (C=O) groups excluding carboxylic acids is 2. The molecule has 0 spiro atoms. The topological polar surface area (TPSA) is 86.3 Å². The Balaban J connectivity index is 0.000000418. The van der Waals surface area contributed by atoms with Gasteiger partial charge >= 0.3 is 16.2 Å². The minimum Gasteiger partial charge on any atom is -0.497 e. The van der Waals surface area contributed by atoms with Gasteiger partial charge in [-0.25, -0.2) is 9.59 Å². The summed E-state index contributed by atoms with van der Waals surface area (Å²) in [6, 6.07) is 31.4. The number of alkyl halides is 7. The molecule has 0 heterocycles. The van der Waals surface area contributed by atoms with E-state index in [1.165, 1.54) is 18.1 Å². The van der Waals surface area contributed by atoms with Crippen LogP contribution in [0.25, 0.3) is 0 Å². The number of benzene rings is 4. The molecule has 4 aromatic carbocycles. The number of anilines is 1. The van der Waals surface area contributed by atoms with Gasteiger partial charge in [0.15, 0.2) is 0 Å². The number of ether oxygens (including phenoxy) is 4. The van der Waals surface area contributed by atoms with E-state index in [1.54, 1.807) is 19.1 Å². The molecule has 8 nitrogen and oxygen atoms in total. The number of hydrogen-bond acceptors (Lipinski definition) is 6. The first-order chi connectivity index (χ1) is 27.2. The zero-order valence-electron chi connectivity index (χ0n) is 32.7. The van der Waals surface area contributed by atoms with E-state index in [2.05, 4.69) is 96.9 Å². The molecule has 0 unspecified atom stereocenters. The summed E-state index contributed by atoms with van der Waals surface area (Å²) in [5.74, 6) is 3.38. The van der Waals surface area contributed by atoms with Crippen molar-refractivity contribution in [3.8, 4) is 11.5 Å². The van der Waals surface area contributed by atoms with E-state index in [-0.39, 0.29) is 12.1 Å². The third kappa shape index (κ3) is 24.3. The second kappa shape index (κ2) is 28.5. The molecule has 4 rings (SSSR count). The van der Waals surface area contributed by atoms with Crippen LogP contribution in [0.2, 0.25) is 0 Å². The van der Waals surface area contributed by atoms with Crippen LogP contribution in [0.4, 0.5) is 15.3 Å². The number of aryl methyl sites for hydroxylation is 1. The van der Waals surface area contributed by atoms with E-state index in [4.69, 9.17) is 90.7 Å². The predicted molar refractivity (Wildman–Crippen MR) is 250 cm³/mol. The monoisotopic (exact) mass is 1070 g/mol. The largest absolute Gasteiger partial charge is 0.514 e. The maximum absolute atomic E-state index is 12.7. The second-order valence-corrected chi connectivity index (χ2v) is 18.7. The van der Waals surface area contributed by atoms with Crippen LogP contribution in [0.5, 0.6) is 11.5 Å². The summed E-state index contributed by atoms with van der Waals surface area (Å²) in [4.78, 5) is 24.9. The summed E-state index contributed by atoms with van der Waals surface area (Å²) < 4.78 is 16.8. The van der Waals surface area contributed by atoms with Crippen molar-refractivity contribution in [1.82, 2.24) is 5.32 Å². The molecule has 0 aliphatic heterocycles. The summed E-state index contributed by atoms with van der Waals surface area (Å²) in [6.45, 7) is 7.92. The quantitative estimate of drug-likeness (QED) is 0.112. The Morgan fingerprint density at radius 1 is 0.724 bits per heavy atom. The molecule has 0 fully saturated rings. The fourth-order valence-electron chi connectivity index (χ4n) is 4.50. The van der Waals surface area contributed by atoms with E-state index < -0.39 is 14.7 Å². The lowest BCUT2D eigenvalue weighted by Gasteiger charge is -2.25. The highest BCUT2D eigenvalue weighted by Gasteiger charge is 2.31. The molecule has 2 amide bonds. The average Bonchev–Trinajstić information content (AvgIpc) is 3.16. The Morgan fingerprint density at radius 2 is 1.22 bits per heavy atom. The number of carbonyl (C=O) groups is 2. The number of nitrogens with one attached hydrogen (secondary N) is 1. The predicted octanol–water partition coefficient (Wildman–Crippen LogP) is 15.0. The summed E-state index contributed by atoms with van der Waals surface area (Å²) in [5, 5.41) is 3.01. The third-order valence-corrected chi connectivity index (χ3v) is 9.24. The Hall–Kier alpha value is -1.99. The standard InChI is InChI=1S/C18H20BrClN2O2.C10H14O.C9H10BrCl.C4H3Cl5O3/c1-13(14-4-3-5-17(12-14)24-2)21-18(23)22(11-10-20)16-8-6-15(19)7-9-16;1-8(2)9-5-4-6-10(7-9)11-3;10-9-5-3-8(4-6-9)2-1-7-11;1-3(5,6)11-2(10)12-4(7,8)9/h3-9,12-13H,10-11H2,1-2H3,(H,21,23);4-8H,1-3H3;3-6H,1-2,7H2;1H3/t13-;;;/m1.../s1. The maximum atomic E-state index is 12.7. The molecule has 0 aliphatic carbocycles. The SMILES string of the molecule is CC(Cl)(Cl)OC(=O)OC(Cl)(Cl)Cl.COc1cccc(C(C)C)c1.COc1cccc([C@@H](C)NC(=O)N(CCCl)c2ccc(Br)cc2)c1.ClCCCc1ccc(Br)cc1. The molecule has 0 saturated heterocycles. The summed E-state index contributed by atoms with van der Waals surface area (Å²) >= 11 is 44.0. The Morgan fingerprint density at radius 3 is 1.67 bits per heavy atom. The van der Waals surface area contributed by atoms with Gasteiger partial charge in [0, 0.05) is 39.9 Å². The van der Waals surface area contributed by atoms with Gasteiger partial charge in [0.1, 0.15) is 11.5 Å². The smallest absolute Gasteiger partial charge is 0.497 e.